The first kappa shape index (κ1) is 26.7. The molecule has 0 bridgehead atoms. The first-order valence-electron chi connectivity index (χ1n) is 11.3. The number of rotatable bonds is 17. The van der Waals surface area contributed by atoms with Gasteiger partial charge in [0, 0.05) is 6.07 Å². The molecule has 0 heterocycles. The van der Waals surface area contributed by atoms with Gasteiger partial charge in [-0.1, -0.05) is 102 Å². The normalized spacial score (nSPS) is 12.6. The maximum atomic E-state index is 13.0. The number of hydrogen-bond donors (Lipinski definition) is 1. The van der Waals surface area contributed by atoms with E-state index in [4.69, 9.17) is 11.6 Å². The fourth-order valence-electron chi connectivity index (χ4n) is 3.55. The summed E-state index contributed by atoms with van der Waals surface area (Å²) in [5, 5.41) is 10.4. The summed E-state index contributed by atoms with van der Waals surface area (Å²) in [7, 11) is -3.68. The third-order valence-electron chi connectivity index (χ3n) is 5.38. The van der Waals surface area contributed by atoms with E-state index in [-0.39, 0.29) is 16.4 Å². The van der Waals surface area contributed by atoms with E-state index >= 15 is 0 Å². The van der Waals surface area contributed by atoms with Gasteiger partial charge >= 0.3 is 0 Å². The standard InChI is InChI=1S/C22H37ClN2O4S/c1-3-5-7-8-9-10-11-12-13-16-19(15-6-4-2)30(28,29)24-20-17-14-18-21(22(20)23)25(26)27/h14,17-19,24H,3-13,15-16H2,1-2H3. The second-order valence-electron chi connectivity index (χ2n) is 7.92. The SMILES string of the molecule is CCCCCCCCCCCC(CCCC)S(=O)(=O)Nc1cccc([N+](=O)[O-])c1Cl. The Hall–Kier alpha value is -1.34. The van der Waals surface area contributed by atoms with E-state index in [1.165, 1.54) is 56.7 Å². The smallest absolute Gasteiger partial charge is 0.282 e. The number of nitrogens with zero attached hydrogens (tertiary/aromatic N) is 1. The first-order chi connectivity index (χ1) is 14.3. The molecule has 0 spiro atoms. The van der Waals surface area contributed by atoms with Crippen molar-refractivity contribution in [2.24, 2.45) is 0 Å². The maximum absolute atomic E-state index is 13.0. The van der Waals surface area contributed by atoms with E-state index in [1.807, 2.05) is 6.92 Å². The van der Waals surface area contributed by atoms with Crippen LogP contribution in [0, 0.1) is 10.1 Å². The second-order valence-corrected chi connectivity index (χ2v) is 10.3. The van der Waals surface area contributed by atoms with Crippen molar-refractivity contribution in [1.29, 1.82) is 0 Å². The van der Waals surface area contributed by atoms with Crippen LogP contribution < -0.4 is 4.72 Å². The molecule has 1 N–H and O–H groups in total. The minimum Gasteiger partial charge on any atom is -0.282 e. The monoisotopic (exact) mass is 460 g/mol. The van der Waals surface area contributed by atoms with Crippen molar-refractivity contribution in [1.82, 2.24) is 0 Å². The summed E-state index contributed by atoms with van der Waals surface area (Å²) in [5.41, 5.74) is -0.236. The Kier molecular flexibility index (Phi) is 13.0. The molecule has 0 radical (unpaired) electrons. The zero-order valence-corrected chi connectivity index (χ0v) is 19.9. The first-order valence-corrected chi connectivity index (χ1v) is 13.2. The number of halogens is 1. The molecule has 1 rings (SSSR count). The molecule has 1 unspecified atom stereocenters. The predicted octanol–water partition coefficient (Wildman–Crippen LogP) is 7.47. The third-order valence-corrected chi connectivity index (χ3v) is 7.63. The van der Waals surface area contributed by atoms with Crippen molar-refractivity contribution in [3.05, 3.63) is 33.3 Å². The second kappa shape index (κ2) is 14.6. The van der Waals surface area contributed by atoms with Gasteiger partial charge in [-0.05, 0) is 18.9 Å². The molecule has 0 aromatic heterocycles. The fourth-order valence-corrected chi connectivity index (χ4v) is 5.44. The van der Waals surface area contributed by atoms with Gasteiger partial charge in [0.05, 0.1) is 15.9 Å². The summed E-state index contributed by atoms with van der Waals surface area (Å²) >= 11 is 6.06. The lowest BCUT2D eigenvalue weighted by Gasteiger charge is -2.19. The topological polar surface area (TPSA) is 89.3 Å². The summed E-state index contributed by atoms with van der Waals surface area (Å²) in [4.78, 5) is 10.4. The number of sulfonamides is 1. The van der Waals surface area contributed by atoms with E-state index in [2.05, 4.69) is 11.6 Å². The van der Waals surface area contributed by atoms with Crippen LogP contribution in [0.5, 0.6) is 0 Å². The summed E-state index contributed by atoms with van der Waals surface area (Å²) in [5.74, 6) is 0. The zero-order valence-electron chi connectivity index (χ0n) is 18.4. The van der Waals surface area contributed by atoms with Crippen LogP contribution in [0.2, 0.25) is 5.02 Å². The number of nitro benzene ring substituents is 1. The molecule has 8 heteroatoms. The van der Waals surface area contributed by atoms with Gasteiger partial charge in [0.25, 0.3) is 5.69 Å². The van der Waals surface area contributed by atoms with Crippen molar-refractivity contribution >= 4 is 33.0 Å². The van der Waals surface area contributed by atoms with Gasteiger partial charge in [0.2, 0.25) is 10.0 Å². The van der Waals surface area contributed by atoms with Crippen molar-refractivity contribution in [2.75, 3.05) is 4.72 Å². The number of nitrogens with one attached hydrogen (secondary N) is 1. The summed E-state index contributed by atoms with van der Waals surface area (Å²) in [6.07, 6.45) is 13.6. The number of hydrogen-bond acceptors (Lipinski definition) is 4. The van der Waals surface area contributed by atoms with E-state index in [9.17, 15) is 18.5 Å². The average molecular weight is 461 g/mol. The Balaban J connectivity index is 2.62. The summed E-state index contributed by atoms with van der Waals surface area (Å²) < 4.78 is 28.4. The van der Waals surface area contributed by atoms with E-state index < -0.39 is 20.2 Å². The van der Waals surface area contributed by atoms with Crippen LogP contribution in [0.25, 0.3) is 0 Å². The molecule has 0 saturated carbocycles. The lowest BCUT2D eigenvalue weighted by Crippen LogP contribution is -2.28. The molecule has 6 nitrogen and oxygen atoms in total. The number of nitro groups is 1. The van der Waals surface area contributed by atoms with Crippen LogP contribution in [0.1, 0.15) is 97.3 Å². The van der Waals surface area contributed by atoms with E-state index in [0.717, 1.165) is 32.1 Å². The van der Waals surface area contributed by atoms with Gasteiger partial charge in [-0.15, -0.1) is 0 Å². The molecule has 0 aliphatic heterocycles. The molecule has 0 aliphatic rings. The average Bonchev–Trinajstić information content (AvgIpc) is 2.70. The molecule has 172 valence electrons. The van der Waals surface area contributed by atoms with Gasteiger partial charge in [-0.2, -0.15) is 0 Å². The lowest BCUT2D eigenvalue weighted by molar-refractivity contribution is -0.384. The minimum absolute atomic E-state index is 0.0689. The van der Waals surface area contributed by atoms with Crippen molar-refractivity contribution in [2.45, 2.75) is 103 Å². The Bertz CT molecular complexity index is 741. The predicted molar refractivity (Wildman–Crippen MR) is 126 cm³/mol. The molecular weight excluding hydrogens is 424 g/mol. The Morgan fingerprint density at radius 3 is 2.03 bits per heavy atom. The van der Waals surface area contributed by atoms with Crippen molar-refractivity contribution in [3.63, 3.8) is 0 Å². The minimum atomic E-state index is -3.68. The highest BCUT2D eigenvalue weighted by Crippen LogP contribution is 2.33. The van der Waals surface area contributed by atoms with Gasteiger partial charge < -0.3 is 0 Å². The highest BCUT2D eigenvalue weighted by Gasteiger charge is 2.27. The summed E-state index contributed by atoms with van der Waals surface area (Å²) in [6.45, 7) is 4.25. The molecule has 0 aliphatic carbocycles. The van der Waals surface area contributed by atoms with Crippen LogP contribution >= 0.6 is 11.6 Å². The molecule has 1 atom stereocenters. The summed E-state index contributed by atoms with van der Waals surface area (Å²) in [6, 6.07) is 4.16. The highest BCUT2D eigenvalue weighted by molar-refractivity contribution is 7.93. The van der Waals surface area contributed by atoms with Crippen molar-refractivity contribution in [3.8, 4) is 0 Å². The van der Waals surface area contributed by atoms with Crippen molar-refractivity contribution < 1.29 is 13.3 Å². The van der Waals surface area contributed by atoms with E-state index in [1.54, 1.807) is 0 Å². The van der Waals surface area contributed by atoms with Crippen LogP contribution in [0.3, 0.4) is 0 Å². The lowest BCUT2D eigenvalue weighted by atomic mass is 10.0. The quantitative estimate of drug-likeness (QED) is 0.148. The third kappa shape index (κ3) is 9.65. The highest BCUT2D eigenvalue weighted by atomic mass is 35.5. The van der Waals surface area contributed by atoms with Gasteiger partial charge in [0.15, 0.2) is 0 Å². The Labute approximate surface area is 187 Å². The van der Waals surface area contributed by atoms with Crippen LogP contribution in [-0.2, 0) is 10.0 Å². The number of anilines is 1. The molecule has 0 saturated heterocycles. The fraction of sp³-hybridized carbons (Fsp3) is 0.727. The Morgan fingerprint density at radius 2 is 1.47 bits per heavy atom. The molecule has 1 aromatic carbocycles. The molecular formula is C22H37ClN2O4S. The number of unbranched alkanes of at least 4 members (excludes halogenated alkanes) is 9. The molecule has 30 heavy (non-hydrogen) atoms. The zero-order chi connectivity index (χ0) is 22.4. The van der Waals surface area contributed by atoms with Gasteiger partial charge in [-0.3, -0.25) is 14.8 Å². The van der Waals surface area contributed by atoms with Crippen LogP contribution in [-0.4, -0.2) is 18.6 Å². The Morgan fingerprint density at radius 1 is 0.933 bits per heavy atom. The number of benzene rings is 1. The maximum Gasteiger partial charge on any atom is 0.290 e. The van der Waals surface area contributed by atoms with E-state index in [0.29, 0.717) is 12.8 Å². The van der Waals surface area contributed by atoms with Crippen LogP contribution in [0.15, 0.2) is 18.2 Å². The molecule has 0 fully saturated rings. The molecule has 1 aromatic rings. The van der Waals surface area contributed by atoms with Gasteiger partial charge in [0.1, 0.15) is 5.02 Å². The molecule has 0 amide bonds. The van der Waals surface area contributed by atoms with Gasteiger partial charge in [-0.25, -0.2) is 8.42 Å². The van der Waals surface area contributed by atoms with Crippen LogP contribution in [0.4, 0.5) is 11.4 Å². The largest absolute Gasteiger partial charge is 0.290 e.